The molecule has 1 fully saturated rings. The van der Waals surface area contributed by atoms with Crippen LogP contribution in [0.4, 0.5) is 0 Å². The third kappa shape index (κ3) is 9.53. The minimum Gasteiger partial charge on any atom is -0.380 e. The molecule has 5 nitrogen and oxygen atoms in total. The summed E-state index contributed by atoms with van der Waals surface area (Å²) in [4.78, 5) is 14.2. The predicted molar refractivity (Wildman–Crippen MR) is 91.4 cm³/mol. The van der Waals surface area contributed by atoms with Gasteiger partial charge in [-0.3, -0.25) is 4.79 Å². The van der Waals surface area contributed by atoms with Crippen LogP contribution in [0.2, 0.25) is 0 Å². The molecule has 1 amide bonds. The van der Waals surface area contributed by atoms with Crippen LogP contribution >= 0.6 is 24.8 Å². The molecule has 1 rings (SSSR count). The van der Waals surface area contributed by atoms with Gasteiger partial charge in [-0.15, -0.1) is 24.8 Å². The molecule has 1 aliphatic rings. The summed E-state index contributed by atoms with van der Waals surface area (Å²) >= 11 is 0. The molecule has 0 aliphatic carbocycles. The normalized spacial score (nSPS) is 19.8. The third-order valence-electron chi connectivity index (χ3n) is 3.59. The Morgan fingerprint density at radius 2 is 2.10 bits per heavy atom. The Bertz CT molecular complexity index is 277. The zero-order valence-corrected chi connectivity index (χ0v) is 15.0. The Morgan fingerprint density at radius 3 is 2.62 bits per heavy atom. The van der Waals surface area contributed by atoms with Crippen molar-refractivity contribution in [3.8, 4) is 0 Å². The third-order valence-corrected chi connectivity index (χ3v) is 3.59. The molecule has 0 aromatic rings. The van der Waals surface area contributed by atoms with Crippen LogP contribution in [-0.4, -0.2) is 56.7 Å². The standard InChI is InChI=1S/C14H29N3O2.2ClH/c1-11(2)9-17-5-4-12(10-17)8-16-14(18)6-13(7-15)19-3;;/h11-13H,4-10,15H2,1-3H3,(H,16,18);2*1H. The van der Waals surface area contributed by atoms with Gasteiger partial charge in [-0.05, 0) is 24.8 Å². The number of hydrogen-bond acceptors (Lipinski definition) is 4. The van der Waals surface area contributed by atoms with Crippen LogP contribution in [0.5, 0.6) is 0 Å². The fourth-order valence-corrected chi connectivity index (χ4v) is 2.56. The molecule has 3 N–H and O–H groups in total. The highest BCUT2D eigenvalue weighted by molar-refractivity contribution is 5.85. The van der Waals surface area contributed by atoms with E-state index in [1.807, 2.05) is 0 Å². The van der Waals surface area contributed by atoms with E-state index in [1.54, 1.807) is 7.11 Å². The van der Waals surface area contributed by atoms with Gasteiger partial charge in [0.25, 0.3) is 0 Å². The summed E-state index contributed by atoms with van der Waals surface area (Å²) in [5, 5.41) is 3.00. The van der Waals surface area contributed by atoms with Gasteiger partial charge < -0.3 is 20.7 Å². The molecule has 0 saturated carbocycles. The summed E-state index contributed by atoms with van der Waals surface area (Å²) in [5.74, 6) is 1.33. The van der Waals surface area contributed by atoms with Gasteiger partial charge in [-0.1, -0.05) is 13.8 Å². The van der Waals surface area contributed by atoms with E-state index in [-0.39, 0.29) is 36.8 Å². The topological polar surface area (TPSA) is 67.6 Å². The van der Waals surface area contributed by atoms with Crippen molar-refractivity contribution in [2.24, 2.45) is 17.6 Å². The number of ether oxygens (including phenoxy) is 1. The summed E-state index contributed by atoms with van der Waals surface area (Å²) in [7, 11) is 1.59. The van der Waals surface area contributed by atoms with Crippen LogP contribution < -0.4 is 11.1 Å². The van der Waals surface area contributed by atoms with E-state index in [9.17, 15) is 4.79 Å². The first-order chi connectivity index (χ1) is 9.05. The highest BCUT2D eigenvalue weighted by Gasteiger charge is 2.23. The molecule has 128 valence electrons. The molecule has 1 saturated heterocycles. The lowest BCUT2D eigenvalue weighted by Crippen LogP contribution is -2.35. The Morgan fingerprint density at radius 1 is 1.43 bits per heavy atom. The van der Waals surface area contributed by atoms with Crippen LogP contribution in [0.1, 0.15) is 26.7 Å². The number of methoxy groups -OCH3 is 1. The number of nitrogens with zero attached hydrogens (tertiary/aromatic N) is 1. The maximum Gasteiger partial charge on any atom is 0.222 e. The average molecular weight is 344 g/mol. The Balaban J connectivity index is 0. The molecule has 2 atom stereocenters. The highest BCUT2D eigenvalue weighted by Crippen LogP contribution is 2.16. The number of carbonyl (C=O) groups is 1. The van der Waals surface area contributed by atoms with Gasteiger partial charge in [-0.25, -0.2) is 0 Å². The van der Waals surface area contributed by atoms with Crippen LogP contribution in [0.25, 0.3) is 0 Å². The predicted octanol–water partition coefficient (Wildman–Crippen LogP) is 1.29. The van der Waals surface area contributed by atoms with Gasteiger partial charge in [-0.2, -0.15) is 0 Å². The molecular formula is C14H31Cl2N3O2. The molecule has 21 heavy (non-hydrogen) atoms. The van der Waals surface area contributed by atoms with Crippen molar-refractivity contribution in [1.29, 1.82) is 0 Å². The van der Waals surface area contributed by atoms with E-state index >= 15 is 0 Å². The summed E-state index contributed by atoms with van der Waals surface area (Å²) in [6.07, 6.45) is 1.37. The lowest BCUT2D eigenvalue weighted by atomic mass is 10.1. The van der Waals surface area contributed by atoms with Crippen molar-refractivity contribution in [2.75, 3.05) is 39.8 Å². The van der Waals surface area contributed by atoms with E-state index in [4.69, 9.17) is 10.5 Å². The van der Waals surface area contributed by atoms with Crippen molar-refractivity contribution in [2.45, 2.75) is 32.8 Å². The Hall–Kier alpha value is -0.0700. The summed E-state index contributed by atoms with van der Waals surface area (Å²) in [6, 6.07) is 0. The highest BCUT2D eigenvalue weighted by atomic mass is 35.5. The molecule has 0 bridgehead atoms. The van der Waals surface area contributed by atoms with Gasteiger partial charge in [0.15, 0.2) is 0 Å². The first-order valence-corrected chi connectivity index (χ1v) is 7.27. The Labute approximate surface area is 141 Å². The summed E-state index contributed by atoms with van der Waals surface area (Å²) in [6.45, 7) is 9.05. The number of carbonyl (C=O) groups excluding carboxylic acids is 1. The van der Waals surface area contributed by atoms with Crippen molar-refractivity contribution in [3.63, 3.8) is 0 Å². The molecule has 7 heteroatoms. The monoisotopic (exact) mass is 343 g/mol. The minimum absolute atomic E-state index is 0. The number of nitrogens with two attached hydrogens (primary N) is 1. The number of rotatable bonds is 8. The second-order valence-electron chi connectivity index (χ2n) is 5.91. The fraction of sp³-hybridized carbons (Fsp3) is 0.929. The molecule has 0 spiro atoms. The number of likely N-dealkylation sites (tertiary alicyclic amines) is 1. The molecular weight excluding hydrogens is 313 g/mol. The molecule has 1 aliphatic heterocycles. The number of hydrogen-bond donors (Lipinski definition) is 2. The second kappa shape index (κ2) is 12.5. The van der Waals surface area contributed by atoms with E-state index in [1.165, 1.54) is 6.42 Å². The van der Waals surface area contributed by atoms with Crippen LogP contribution in [0, 0.1) is 11.8 Å². The molecule has 0 aromatic heterocycles. The number of nitrogens with one attached hydrogen (secondary N) is 1. The van der Waals surface area contributed by atoms with E-state index in [0.29, 0.717) is 24.8 Å². The number of halogens is 2. The van der Waals surface area contributed by atoms with Gasteiger partial charge in [0.05, 0.1) is 12.5 Å². The maximum absolute atomic E-state index is 11.7. The first kappa shape index (κ1) is 23.2. The van der Waals surface area contributed by atoms with Crippen molar-refractivity contribution in [1.82, 2.24) is 10.2 Å². The lowest BCUT2D eigenvalue weighted by molar-refractivity contribution is -0.123. The quantitative estimate of drug-likeness (QED) is 0.696. The summed E-state index contributed by atoms with van der Waals surface area (Å²) in [5.41, 5.74) is 5.50. The van der Waals surface area contributed by atoms with Gasteiger partial charge >= 0.3 is 0 Å². The van der Waals surface area contributed by atoms with Crippen LogP contribution in [0.3, 0.4) is 0 Å². The molecule has 1 heterocycles. The lowest BCUT2D eigenvalue weighted by Gasteiger charge is -2.18. The van der Waals surface area contributed by atoms with Gasteiger partial charge in [0.1, 0.15) is 0 Å². The van der Waals surface area contributed by atoms with Gasteiger partial charge in [0.2, 0.25) is 5.91 Å². The Kier molecular flexibility index (Phi) is 13.8. The molecule has 0 radical (unpaired) electrons. The smallest absolute Gasteiger partial charge is 0.222 e. The average Bonchev–Trinajstić information content (AvgIpc) is 2.80. The zero-order chi connectivity index (χ0) is 14.3. The molecule has 2 unspecified atom stereocenters. The fourth-order valence-electron chi connectivity index (χ4n) is 2.56. The maximum atomic E-state index is 11.7. The van der Waals surface area contributed by atoms with Crippen molar-refractivity contribution >= 4 is 30.7 Å². The second-order valence-corrected chi connectivity index (χ2v) is 5.91. The van der Waals surface area contributed by atoms with Crippen LogP contribution in [-0.2, 0) is 9.53 Å². The van der Waals surface area contributed by atoms with Crippen molar-refractivity contribution < 1.29 is 9.53 Å². The van der Waals surface area contributed by atoms with E-state index < -0.39 is 0 Å². The number of amides is 1. The van der Waals surface area contributed by atoms with E-state index in [0.717, 1.165) is 26.2 Å². The minimum atomic E-state index is -0.166. The zero-order valence-electron chi connectivity index (χ0n) is 13.3. The largest absolute Gasteiger partial charge is 0.380 e. The summed E-state index contributed by atoms with van der Waals surface area (Å²) < 4.78 is 5.11. The first-order valence-electron chi connectivity index (χ1n) is 7.27. The SMILES string of the molecule is COC(CN)CC(=O)NCC1CCN(CC(C)C)C1.Cl.Cl. The van der Waals surface area contributed by atoms with Crippen LogP contribution in [0.15, 0.2) is 0 Å². The van der Waals surface area contributed by atoms with Gasteiger partial charge in [0, 0.05) is 33.3 Å². The van der Waals surface area contributed by atoms with Crippen molar-refractivity contribution in [3.05, 3.63) is 0 Å². The van der Waals surface area contributed by atoms with E-state index in [2.05, 4.69) is 24.1 Å². The molecule has 0 aromatic carbocycles.